The third kappa shape index (κ3) is 3.94. The van der Waals surface area contributed by atoms with Crippen molar-refractivity contribution in [2.75, 3.05) is 5.32 Å². The second-order valence-electron chi connectivity index (χ2n) is 6.35. The van der Waals surface area contributed by atoms with Gasteiger partial charge in [-0.15, -0.1) is 5.10 Å². The molecule has 1 N–H and O–H groups in total. The average Bonchev–Trinajstić information content (AvgIpc) is 3.00. The molecule has 3 rings (SSSR count). The first-order valence-electron chi connectivity index (χ1n) is 8.19. The summed E-state index contributed by atoms with van der Waals surface area (Å²) in [5.74, 6) is 0.211. The van der Waals surface area contributed by atoms with Crippen LogP contribution >= 0.6 is 0 Å². The van der Waals surface area contributed by atoms with Crippen molar-refractivity contribution < 1.29 is 9.21 Å². The average molecular weight is 335 g/mol. The van der Waals surface area contributed by atoms with Crippen LogP contribution in [0, 0.1) is 27.7 Å². The largest absolute Gasteiger partial charge is 0.407 e. The number of carbonyl (C=O) groups excluding carboxylic acids is 1. The zero-order chi connectivity index (χ0) is 18.0. The van der Waals surface area contributed by atoms with Gasteiger partial charge in [0.15, 0.2) is 0 Å². The quantitative estimate of drug-likeness (QED) is 0.778. The number of nitrogens with one attached hydrogen (secondary N) is 1. The molecule has 5 nitrogen and oxygen atoms in total. The number of carbonyl (C=O) groups is 1. The zero-order valence-electron chi connectivity index (χ0n) is 14.9. The number of hydrogen-bond donors (Lipinski definition) is 1. The van der Waals surface area contributed by atoms with Gasteiger partial charge in [-0.05, 0) is 67.6 Å². The number of hydrogen-bond acceptors (Lipinski definition) is 4. The molecular weight excluding hydrogens is 314 g/mol. The Morgan fingerprint density at radius 2 is 1.60 bits per heavy atom. The first-order chi connectivity index (χ1) is 11.9. The van der Waals surface area contributed by atoms with Crippen molar-refractivity contribution in [1.82, 2.24) is 10.2 Å². The molecule has 1 heterocycles. The van der Waals surface area contributed by atoms with Crippen LogP contribution in [-0.2, 0) is 6.42 Å². The zero-order valence-corrected chi connectivity index (χ0v) is 14.9. The van der Waals surface area contributed by atoms with E-state index in [1.165, 1.54) is 11.1 Å². The van der Waals surface area contributed by atoms with Crippen molar-refractivity contribution in [3.63, 3.8) is 0 Å². The Bertz CT molecular complexity index is 928. The summed E-state index contributed by atoms with van der Waals surface area (Å²) in [4.78, 5) is 12.3. The van der Waals surface area contributed by atoms with Gasteiger partial charge >= 0.3 is 6.01 Å². The summed E-state index contributed by atoms with van der Waals surface area (Å²) in [6.45, 7) is 8.13. The number of anilines is 1. The highest BCUT2D eigenvalue weighted by Crippen LogP contribution is 2.16. The SMILES string of the molecule is Cc1ccc(Cc2nnc(NC(=O)c3ccc(C)c(C)c3)o2)cc1C. The van der Waals surface area contributed by atoms with Crippen molar-refractivity contribution in [2.24, 2.45) is 0 Å². The van der Waals surface area contributed by atoms with Crippen molar-refractivity contribution in [3.05, 3.63) is 75.7 Å². The lowest BCUT2D eigenvalue weighted by Gasteiger charge is -2.04. The Morgan fingerprint density at radius 3 is 2.28 bits per heavy atom. The maximum atomic E-state index is 12.3. The topological polar surface area (TPSA) is 68.0 Å². The fourth-order valence-corrected chi connectivity index (χ4v) is 2.52. The summed E-state index contributed by atoms with van der Waals surface area (Å²) in [7, 11) is 0. The second kappa shape index (κ2) is 6.89. The minimum Gasteiger partial charge on any atom is -0.407 e. The molecule has 0 aliphatic carbocycles. The molecular formula is C20H21N3O2. The molecule has 0 spiro atoms. The normalized spacial score (nSPS) is 10.7. The van der Waals surface area contributed by atoms with Crippen LogP contribution in [0.25, 0.3) is 0 Å². The van der Waals surface area contributed by atoms with Crippen molar-refractivity contribution in [3.8, 4) is 0 Å². The number of aromatic nitrogens is 2. The van der Waals surface area contributed by atoms with Crippen molar-refractivity contribution in [2.45, 2.75) is 34.1 Å². The molecule has 3 aromatic rings. The molecule has 0 saturated heterocycles. The van der Waals surface area contributed by atoms with Gasteiger partial charge in [-0.2, -0.15) is 0 Å². The van der Waals surface area contributed by atoms with E-state index < -0.39 is 0 Å². The molecule has 0 aliphatic rings. The van der Waals surface area contributed by atoms with Gasteiger partial charge in [0.05, 0.1) is 6.42 Å². The van der Waals surface area contributed by atoms with E-state index in [1.807, 2.05) is 32.0 Å². The smallest absolute Gasteiger partial charge is 0.322 e. The fraction of sp³-hybridized carbons (Fsp3) is 0.250. The van der Waals surface area contributed by atoms with Gasteiger partial charge in [0.25, 0.3) is 5.91 Å². The van der Waals surface area contributed by atoms with Crippen LogP contribution < -0.4 is 5.32 Å². The molecule has 0 aliphatic heterocycles. The van der Waals surface area contributed by atoms with Crippen molar-refractivity contribution >= 4 is 11.9 Å². The Hall–Kier alpha value is -2.95. The highest BCUT2D eigenvalue weighted by Gasteiger charge is 2.13. The summed E-state index contributed by atoms with van der Waals surface area (Å²) in [5, 5.41) is 10.6. The highest BCUT2D eigenvalue weighted by molar-refractivity contribution is 6.03. The second-order valence-corrected chi connectivity index (χ2v) is 6.35. The van der Waals surface area contributed by atoms with Gasteiger partial charge in [0.2, 0.25) is 5.89 Å². The Kier molecular flexibility index (Phi) is 4.65. The summed E-state index contributed by atoms with van der Waals surface area (Å²) >= 11 is 0. The lowest BCUT2D eigenvalue weighted by molar-refractivity contribution is 0.102. The van der Waals surface area contributed by atoms with E-state index in [1.54, 1.807) is 6.07 Å². The van der Waals surface area contributed by atoms with Crippen LogP contribution in [0.15, 0.2) is 40.8 Å². The maximum Gasteiger partial charge on any atom is 0.322 e. The molecule has 0 unspecified atom stereocenters. The third-order valence-corrected chi connectivity index (χ3v) is 4.38. The van der Waals surface area contributed by atoms with Gasteiger partial charge in [-0.3, -0.25) is 10.1 Å². The van der Waals surface area contributed by atoms with Gasteiger partial charge < -0.3 is 4.42 Å². The van der Waals surface area contributed by atoms with Crippen LogP contribution in [0.1, 0.15) is 44.1 Å². The molecule has 5 heteroatoms. The van der Waals surface area contributed by atoms with Gasteiger partial charge in [0, 0.05) is 5.56 Å². The summed E-state index contributed by atoms with van der Waals surface area (Å²) in [5.41, 5.74) is 6.34. The molecule has 0 bridgehead atoms. The van der Waals surface area contributed by atoms with E-state index in [0.717, 1.165) is 16.7 Å². The molecule has 0 radical (unpaired) electrons. The van der Waals surface area contributed by atoms with Crippen LogP contribution in [-0.4, -0.2) is 16.1 Å². The summed E-state index contributed by atoms with van der Waals surface area (Å²) in [6, 6.07) is 11.9. The molecule has 25 heavy (non-hydrogen) atoms. The first-order valence-corrected chi connectivity index (χ1v) is 8.19. The lowest BCUT2D eigenvalue weighted by Crippen LogP contribution is -2.12. The van der Waals surface area contributed by atoms with E-state index in [2.05, 4.69) is 41.5 Å². The van der Waals surface area contributed by atoms with Crippen LogP contribution in [0.2, 0.25) is 0 Å². The number of amides is 1. The van der Waals surface area contributed by atoms with E-state index in [9.17, 15) is 4.79 Å². The minimum absolute atomic E-state index is 0.113. The summed E-state index contributed by atoms with van der Waals surface area (Å²) in [6.07, 6.45) is 0.535. The third-order valence-electron chi connectivity index (χ3n) is 4.38. The number of benzene rings is 2. The van der Waals surface area contributed by atoms with Gasteiger partial charge in [0.1, 0.15) is 0 Å². The van der Waals surface area contributed by atoms with Crippen LogP contribution in [0.3, 0.4) is 0 Å². The Balaban J connectivity index is 1.69. The fourth-order valence-electron chi connectivity index (χ4n) is 2.52. The van der Waals surface area contributed by atoms with Gasteiger partial charge in [-0.25, -0.2) is 0 Å². The molecule has 0 atom stereocenters. The lowest BCUT2D eigenvalue weighted by atomic mass is 10.0. The van der Waals surface area contributed by atoms with Crippen molar-refractivity contribution in [1.29, 1.82) is 0 Å². The van der Waals surface area contributed by atoms with E-state index >= 15 is 0 Å². The predicted octanol–water partition coefficient (Wildman–Crippen LogP) is 4.15. The monoisotopic (exact) mass is 335 g/mol. The Labute approximate surface area is 147 Å². The minimum atomic E-state index is -0.260. The Morgan fingerprint density at radius 1 is 0.920 bits per heavy atom. The number of nitrogens with zero attached hydrogens (tertiary/aromatic N) is 2. The standard InChI is InChI=1S/C20H21N3O2/c1-12-5-7-16(9-14(12)3)11-18-22-23-20(25-18)21-19(24)17-8-6-13(2)15(4)10-17/h5-10H,11H2,1-4H3,(H,21,23,24). The molecule has 2 aromatic carbocycles. The van der Waals surface area contributed by atoms with E-state index in [4.69, 9.17) is 4.42 Å². The maximum absolute atomic E-state index is 12.3. The molecule has 1 amide bonds. The number of aryl methyl sites for hydroxylation is 4. The molecule has 1 aromatic heterocycles. The first kappa shape index (κ1) is 16.9. The van der Waals surface area contributed by atoms with E-state index in [-0.39, 0.29) is 11.9 Å². The van der Waals surface area contributed by atoms with Gasteiger partial charge in [-0.1, -0.05) is 29.4 Å². The molecule has 0 fully saturated rings. The molecule has 0 saturated carbocycles. The highest BCUT2D eigenvalue weighted by atomic mass is 16.4. The van der Waals surface area contributed by atoms with Crippen LogP contribution in [0.4, 0.5) is 6.01 Å². The molecule has 128 valence electrons. The van der Waals surface area contributed by atoms with E-state index in [0.29, 0.717) is 17.9 Å². The predicted molar refractivity (Wildman–Crippen MR) is 96.9 cm³/mol. The van der Waals surface area contributed by atoms with Crippen LogP contribution in [0.5, 0.6) is 0 Å². The number of rotatable bonds is 4. The summed E-state index contributed by atoms with van der Waals surface area (Å²) < 4.78 is 5.55.